The smallest absolute Gasteiger partial charge is 0.259 e. The van der Waals surface area contributed by atoms with Gasteiger partial charge in [0.2, 0.25) is 0 Å². The first-order chi connectivity index (χ1) is 9.66. The summed E-state index contributed by atoms with van der Waals surface area (Å²) in [5.74, 6) is 0.841. The van der Waals surface area contributed by atoms with Gasteiger partial charge >= 0.3 is 0 Å². The number of rotatable bonds is 4. The standard InChI is InChI=1S/C16H23N3O/c1-12-7-6-8-13(2)16(12)19-18-15(20)11-17-14-9-4-3-5-10-14/h3-5,9-10,12-13,17H,6-8,11H2,1-2H3,(H,18,20)/t12-,13+. The predicted octanol–water partition coefficient (Wildman–Crippen LogP) is 3.03. The minimum absolute atomic E-state index is 0.105. The summed E-state index contributed by atoms with van der Waals surface area (Å²) in [6.45, 7) is 4.61. The van der Waals surface area contributed by atoms with Crippen molar-refractivity contribution in [1.29, 1.82) is 0 Å². The lowest BCUT2D eigenvalue weighted by molar-refractivity contribution is -0.119. The number of amides is 1. The van der Waals surface area contributed by atoms with Gasteiger partial charge in [-0.1, -0.05) is 38.5 Å². The van der Waals surface area contributed by atoms with Crippen LogP contribution in [0.1, 0.15) is 33.1 Å². The van der Waals surface area contributed by atoms with Crippen LogP contribution in [0, 0.1) is 11.8 Å². The van der Waals surface area contributed by atoms with E-state index in [-0.39, 0.29) is 12.5 Å². The fourth-order valence-corrected chi connectivity index (χ4v) is 2.64. The average molecular weight is 273 g/mol. The fraction of sp³-hybridized carbons (Fsp3) is 0.500. The van der Waals surface area contributed by atoms with Gasteiger partial charge in [0, 0.05) is 11.4 Å². The Kier molecular flexibility index (Phi) is 5.16. The zero-order chi connectivity index (χ0) is 14.4. The Hall–Kier alpha value is -1.84. The highest BCUT2D eigenvalue weighted by Gasteiger charge is 2.22. The third kappa shape index (κ3) is 4.08. The number of hydrogen-bond acceptors (Lipinski definition) is 3. The molecule has 0 unspecified atom stereocenters. The third-order valence-corrected chi connectivity index (χ3v) is 3.82. The number of carbonyl (C=O) groups is 1. The monoisotopic (exact) mass is 273 g/mol. The Morgan fingerprint density at radius 3 is 2.50 bits per heavy atom. The molecule has 1 aliphatic carbocycles. The number of hydrogen-bond donors (Lipinski definition) is 2. The van der Waals surface area contributed by atoms with Gasteiger partial charge in [-0.25, -0.2) is 5.43 Å². The van der Waals surface area contributed by atoms with Crippen molar-refractivity contribution in [3.8, 4) is 0 Å². The molecule has 2 N–H and O–H groups in total. The minimum Gasteiger partial charge on any atom is -0.376 e. The molecule has 2 rings (SSSR count). The number of carbonyl (C=O) groups excluding carboxylic acids is 1. The largest absolute Gasteiger partial charge is 0.376 e. The van der Waals surface area contributed by atoms with Gasteiger partial charge in [0.05, 0.1) is 6.54 Å². The molecule has 1 aromatic rings. The molecule has 0 bridgehead atoms. The second-order valence-electron chi connectivity index (χ2n) is 5.52. The number of anilines is 1. The second kappa shape index (κ2) is 7.08. The van der Waals surface area contributed by atoms with Crippen LogP contribution in [0.25, 0.3) is 0 Å². The summed E-state index contributed by atoms with van der Waals surface area (Å²) < 4.78 is 0. The van der Waals surface area contributed by atoms with Crippen LogP contribution in [0.3, 0.4) is 0 Å². The Morgan fingerprint density at radius 1 is 1.20 bits per heavy atom. The molecule has 2 atom stereocenters. The van der Waals surface area contributed by atoms with E-state index >= 15 is 0 Å². The van der Waals surface area contributed by atoms with Crippen LogP contribution >= 0.6 is 0 Å². The minimum atomic E-state index is -0.105. The summed E-state index contributed by atoms with van der Waals surface area (Å²) in [5.41, 5.74) is 4.74. The van der Waals surface area contributed by atoms with Gasteiger partial charge in [-0.15, -0.1) is 0 Å². The van der Waals surface area contributed by atoms with E-state index in [1.54, 1.807) is 0 Å². The molecular weight excluding hydrogens is 250 g/mol. The topological polar surface area (TPSA) is 53.5 Å². The maximum atomic E-state index is 11.8. The van der Waals surface area contributed by atoms with Crippen molar-refractivity contribution in [3.05, 3.63) is 30.3 Å². The molecule has 4 nitrogen and oxygen atoms in total. The van der Waals surface area contributed by atoms with Gasteiger partial charge < -0.3 is 5.32 Å². The normalized spacial score (nSPS) is 24.4. The van der Waals surface area contributed by atoms with E-state index < -0.39 is 0 Å². The van der Waals surface area contributed by atoms with Crippen LogP contribution in [-0.4, -0.2) is 18.2 Å². The summed E-state index contributed by atoms with van der Waals surface area (Å²) in [7, 11) is 0. The van der Waals surface area contributed by atoms with Crippen LogP contribution in [0.15, 0.2) is 35.4 Å². The van der Waals surface area contributed by atoms with E-state index in [9.17, 15) is 4.79 Å². The van der Waals surface area contributed by atoms with Crippen molar-refractivity contribution in [2.24, 2.45) is 16.9 Å². The molecule has 108 valence electrons. The van der Waals surface area contributed by atoms with Crippen molar-refractivity contribution in [3.63, 3.8) is 0 Å². The van der Waals surface area contributed by atoms with Crippen LogP contribution in [0.4, 0.5) is 5.69 Å². The molecule has 0 heterocycles. The van der Waals surface area contributed by atoms with E-state index in [0.717, 1.165) is 11.4 Å². The SMILES string of the molecule is C[C@@H]1CCC[C@H](C)C1=NNC(=O)CNc1ccccc1. The number of para-hydroxylation sites is 1. The zero-order valence-electron chi connectivity index (χ0n) is 12.2. The first kappa shape index (κ1) is 14.6. The van der Waals surface area contributed by atoms with Crippen molar-refractivity contribution >= 4 is 17.3 Å². The van der Waals surface area contributed by atoms with Crippen LogP contribution in [0.2, 0.25) is 0 Å². The quantitative estimate of drug-likeness (QED) is 0.828. The Balaban J connectivity index is 1.82. The molecule has 1 aromatic carbocycles. The molecule has 20 heavy (non-hydrogen) atoms. The maximum Gasteiger partial charge on any atom is 0.259 e. The molecular formula is C16H23N3O. The van der Waals surface area contributed by atoms with E-state index in [1.165, 1.54) is 19.3 Å². The molecule has 1 saturated carbocycles. The van der Waals surface area contributed by atoms with E-state index in [4.69, 9.17) is 0 Å². The maximum absolute atomic E-state index is 11.8. The van der Waals surface area contributed by atoms with Crippen LogP contribution < -0.4 is 10.7 Å². The number of nitrogens with one attached hydrogen (secondary N) is 2. The van der Waals surface area contributed by atoms with Crippen molar-refractivity contribution in [1.82, 2.24) is 5.43 Å². The Labute approximate surface area is 120 Å². The van der Waals surface area contributed by atoms with Crippen LogP contribution in [-0.2, 0) is 4.79 Å². The van der Waals surface area contributed by atoms with Gasteiger partial charge in [0.25, 0.3) is 5.91 Å². The molecule has 1 aliphatic rings. The van der Waals surface area contributed by atoms with Crippen molar-refractivity contribution in [2.45, 2.75) is 33.1 Å². The van der Waals surface area contributed by atoms with Gasteiger partial charge in [0.1, 0.15) is 0 Å². The van der Waals surface area contributed by atoms with Gasteiger partial charge in [-0.2, -0.15) is 5.10 Å². The third-order valence-electron chi connectivity index (χ3n) is 3.82. The highest BCUT2D eigenvalue weighted by Crippen LogP contribution is 2.25. The van der Waals surface area contributed by atoms with Gasteiger partial charge in [0.15, 0.2) is 0 Å². The number of benzene rings is 1. The van der Waals surface area contributed by atoms with E-state index in [2.05, 4.69) is 29.7 Å². The van der Waals surface area contributed by atoms with Gasteiger partial charge in [-0.3, -0.25) is 4.79 Å². The highest BCUT2D eigenvalue weighted by atomic mass is 16.2. The highest BCUT2D eigenvalue weighted by molar-refractivity contribution is 5.90. The molecule has 0 aliphatic heterocycles. The predicted molar refractivity (Wildman–Crippen MR) is 82.7 cm³/mol. The first-order valence-corrected chi connectivity index (χ1v) is 7.32. The van der Waals surface area contributed by atoms with E-state index in [1.807, 2.05) is 30.3 Å². The first-order valence-electron chi connectivity index (χ1n) is 7.32. The lowest BCUT2D eigenvalue weighted by Gasteiger charge is -2.26. The number of nitrogens with zero attached hydrogens (tertiary/aromatic N) is 1. The Bertz CT molecular complexity index is 458. The molecule has 4 heteroatoms. The molecule has 1 fully saturated rings. The lowest BCUT2D eigenvalue weighted by Crippen LogP contribution is -2.31. The molecule has 1 amide bonds. The second-order valence-corrected chi connectivity index (χ2v) is 5.52. The summed E-state index contributed by atoms with van der Waals surface area (Å²) >= 11 is 0. The van der Waals surface area contributed by atoms with Crippen molar-refractivity contribution < 1.29 is 4.79 Å². The van der Waals surface area contributed by atoms with E-state index in [0.29, 0.717) is 11.8 Å². The van der Waals surface area contributed by atoms with Gasteiger partial charge in [-0.05, 0) is 36.8 Å². The molecule has 0 radical (unpaired) electrons. The summed E-state index contributed by atoms with van der Waals surface area (Å²) in [6, 6.07) is 9.69. The fourth-order valence-electron chi connectivity index (χ4n) is 2.64. The molecule has 0 spiro atoms. The summed E-state index contributed by atoms with van der Waals surface area (Å²) in [4.78, 5) is 11.8. The number of hydrazone groups is 1. The Morgan fingerprint density at radius 2 is 1.85 bits per heavy atom. The zero-order valence-corrected chi connectivity index (χ0v) is 12.2. The van der Waals surface area contributed by atoms with Crippen molar-refractivity contribution in [2.75, 3.05) is 11.9 Å². The van der Waals surface area contributed by atoms with Crippen LogP contribution in [0.5, 0.6) is 0 Å². The molecule has 0 saturated heterocycles. The molecule has 0 aromatic heterocycles. The summed E-state index contributed by atoms with van der Waals surface area (Å²) in [6.07, 6.45) is 3.59. The summed E-state index contributed by atoms with van der Waals surface area (Å²) in [5, 5.41) is 7.41. The lowest BCUT2D eigenvalue weighted by atomic mass is 9.81. The average Bonchev–Trinajstić information content (AvgIpc) is 2.46.